The van der Waals surface area contributed by atoms with E-state index < -0.39 is 10.0 Å². The first-order valence-corrected chi connectivity index (χ1v) is 12.1. The number of carbonyl (C=O) groups excluding carboxylic acids is 1. The number of anilines is 1. The Bertz CT molecular complexity index is 886. The Morgan fingerprint density at radius 1 is 1.10 bits per heavy atom. The van der Waals surface area contributed by atoms with Crippen molar-refractivity contribution in [2.45, 2.75) is 17.1 Å². The fraction of sp³-hybridized carbons (Fsp3) is 0.400. The molecule has 0 saturated carbocycles. The number of piperazine rings is 1. The number of thioether (sulfide) groups is 1. The summed E-state index contributed by atoms with van der Waals surface area (Å²) in [5.41, 5.74) is 0. The van der Waals surface area contributed by atoms with Crippen LogP contribution in [0.1, 0.15) is 6.92 Å². The van der Waals surface area contributed by atoms with Crippen molar-refractivity contribution >= 4 is 33.5 Å². The van der Waals surface area contributed by atoms with Crippen LogP contribution in [0.5, 0.6) is 0 Å². The Morgan fingerprint density at radius 3 is 2.45 bits per heavy atom. The molecule has 0 aliphatic carbocycles. The van der Waals surface area contributed by atoms with E-state index in [2.05, 4.69) is 15.2 Å². The third-order valence-electron chi connectivity index (χ3n) is 4.69. The number of pyridine rings is 1. The van der Waals surface area contributed by atoms with Gasteiger partial charge in [-0.05, 0) is 31.2 Å². The van der Waals surface area contributed by atoms with E-state index in [-0.39, 0.29) is 23.5 Å². The maximum Gasteiger partial charge on any atom is 0.233 e. The van der Waals surface area contributed by atoms with E-state index in [1.54, 1.807) is 6.20 Å². The fourth-order valence-electron chi connectivity index (χ4n) is 3.07. The van der Waals surface area contributed by atoms with Gasteiger partial charge in [0.15, 0.2) is 0 Å². The number of hydrogen-bond donors (Lipinski definition) is 1. The molecule has 0 radical (unpaired) electrons. The van der Waals surface area contributed by atoms with Crippen LogP contribution < -0.4 is 10.2 Å². The number of benzene rings is 1. The van der Waals surface area contributed by atoms with Gasteiger partial charge in [-0.3, -0.25) is 4.79 Å². The highest BCUT2D eigenvalue weighted by molar-refractivity contribution is 8.00. The Morgan fingerprint density at radius 2 is 1.79 bits per heavy atom. The number of nitrogens with one attached hydrogen (secondary N) is 1. The van der Waals surface area contributed by atoms with E-state index in [1.165, 1.54) is 16.1 Å². The van der Waals surface area contributed by atoms with Gasteiger partial charge in [0, 0.05) is 43.8 Å². The van der Waals surface area contributed by atoms with Crippen molar-refractivity contribution in [3.8, 4) is 0 Å². The lowest BCUT2D eigenvalue weighted by molar-refractivity contribution is -0.120. The Kier molecular flexibility index (Phi) is 7.51. The quantitative estimate of drug-likeness (QED) is 0.639. The highest BCUT2D eigenvalue weighted by atomic mass is 32.2. The zero-order valence-electron chi connectivity index (χ0n) is 16.4. The lowest BCUT2D eigenvalue weighted by atomic mass is 10.3. The summed E-state index contributed by atoms with van der Waals surface area (Å²) in [4.78, 5) is 19.7. The molecule has 1 fully saturated rings. The molecular weight excluding hydrogens is 408 g/mol. The molecule has 2 heterocycles. The second kappa shape index (κ2) is 10.1. The van der Waals surface area contributed by atoms with Gasteiger partial charge in [0.1, 0.15) is 5.82 Å². The molecular formula is C20H26N4O3S2. The standard InChI is InChI=1S/C20H26N4O3S2/c1-17(28-18-7-3-2-4-8-18)20(25)22-11-16-29(26,27)24-14-12-23(13-15-24)19-9-5-6-10-21-19/h2-10,17H,11-16H2,1H3,(H,22,25). The lowest BCUT2D eigenvalue weighted by Gasteiger charge is -2.34. The molecule has 29 heavy (non-hydrogen) atoms. The van der Waals surface area contributed by atoms with Crippen molar-refractivity contribution in [2.24, 2.45) is 0 Å². The molecule has 1 saturated heterocycles. The molecule has 1 aliphatic rings. The minimum Gasteiger partial charge on any atom is -0.354 e. The summed E-state index contributed by atoms with van der Waals surface area (Å²) in [6.07, 6.45) is 1.73. The smallest absolute Gasteiger partial charge is 0.233 e. The van der Waals surface area contributed by atoms with Crippen molar-refractivity contribution in [1.29, 1.82) is 0 Å². The molecule has 1 aromatic carbocycles. The SMILES string of the molecule is CC(Sc1ccccc1)C(=O)NCCS(=O)(=O)N1CCN(c2ccccn2)CC1. The number of rotatable bonds is 8. The molecule has 1 amide bonds. The second-order valence-electron chi connectivity index (χ2n) is 6.75. The summed E-state index contributed by atoms with van der Waals surface area (Å²) in [5.74, 6) is 0.612. The number of amides is 1. The van der Waals surface area contributed by atoms with E-state index in [4.69, 9.17) is 0 Å². The van der Waals surface area contributed by atoms with Crippen LogP contribution in [0.4, 0.5) is 5.82 Å². The maximum atomic E-state index is 12.6. The highest BCUT2D eigenvalue weighted by Crippen LogP contribution is 2.22. The molecule has 0 spiro atoms. The molecule has 2 aromatic rings. The van der Waals surface area contributed by atoms with E-state index in [0.717, 1.165) is 10.7 Å². The Balaban J connectivity index is 1.42. The van der Waals surface area contributed by atoms with Crippen LogP contribution in [0.25, 0.3) is 0 Å². The summed E-state index contributed by atoms with van der Waals surface area (Å²) < 4.78 is 26.7. The fourth-order valence-corrected chi connectivity index (χ4v) is 5.32. The Labute approximate surface area is 176 Å². The molecule has 1 aliphatic heterocycles. The van der Waals surface area contributed by atoms with Crippen molar-refractivity contribution in [2.75, 3.05) is 43.4 Å². The maximum absolute atomic E-state index is 12.6. The molecule has 1 atom stereocenters. The van der Waals surface area contributed by atoms with Crippen LogP contribution in [0.3, 0.4) is 0 Å². The van der Waals surface area contributed by atoms with E-state index in [0.29, 0.717) is 26.2 Å². The van der Waals surface area contributed by atoms with Crippen LogP contribution in [-0.2, 0) is 14.8 Å². The van der Waals surface area contributed by atoms with E-state index in [9.17, 15) is 13.2 Å². The number of aromatic nitrogens is 1. The molecule has 0 bridgehead atoms. The number of hydrogen-bond acceptors (Lipinski definition) is 6. The third kappa shape index (κ3) is 6.19. The average Bonchev–Trinajstić information content (AvgIpc) is 2.75. The van der Waals surface area contributed by atoms with Gasteiger partial charge >= 0.3 is 0 Å². The largest absolute Gasteiger partial charge is 0.354 e. The van der Waals surface area contributed by atoms with Crippen LogP contribution in [-0.4, -0.2) is 67.3 Å². The van der Waals surface area contributed by atoms with Crippen molar-refractivity contribution in [1.82, 2.24) is 14.6 Å². The van der Waals surface area contributed by atoms with E-state index in [1.807, 2.05) is 55.5 Å². The molecule has 3 rings (SSSR count). The minimum atomic E-state index is -3.40. The first kappa shape index (κ1) is 21.6. The van der Waals surface area contributed by atoms with Crippen molar-refractivity contribution < 1.29 is 13.2 Å². The predicted octanol–water partition coefficient (Wildman–Crippen LogP) is 1.83. The first-order valence-electron chi connectivity index (χ1n) is 9.59. The van der Waals surface area contributed by atoms with Gasteiger partial charge in [0.05, 0.1) is 11.0 Å². The van der Waals surface area contributed by atoms with Crippen molar-refractivity contribution in [3.05, 3.63) is 54.7 Å². The number of carbonyl (C=O) groups is 1. The topological polar surface area (TPSA) is 82.6 Å². The van der Waals surface area contributed by atoms with Gasteiger partial charge < -0.3 is 10.2 Å². The summed E-state index contributed by atoms with van der Waals surface area (Å²) in [6.45, 7) is 3.99. The normalized spacial score (nSPS) is 16.4. The van der Waals surface area contributed by atoms with Gasteiger partial charge in [0.2, 0.25) is 15.9 Å². The van der Waals surface area contributed by atoms with E-state index >= 15 is 0 Å². The van der Waals surface area contributed by atoms with Crippen LogP contribution in [0.2, 0.25) is 0 Å². The highest BCUT2D eigenvalue weighted by Gasteiger charge is 2.27. The zero-order valence-corrected chi connectivity index (χ0v) is 18.0. The van der Waals surface area contributed by atoms with Gasteiger partial charge in [-0.15, -0.1) is 11.8 Å². The van der Waals surface area contributed by atoms with Crippen LogP contribution in [0, 0.1) is 0 Å². The first-order chi connectivity index (χ1) is 14.0. The summed E-state index contributed by atoms with van der Waals surface area (Å²) >= 11 is 1.45. The molecule has 156 valence electrons. The van der Waals surface area contributed by atoms with Gasteiger partial charge in [0.25, 0.3) is 0 Å². The zero-order chi connectivity index (χ0) is 20.7. The predicted molar refractivity (Wildman–Crippen MR) is 117 cm³/mol. The molecule has 1 aromatic heterocycles. The Hall–Kier alpha value is -2.10. The van der Waals surface area contributed by atoms with Crippen LogP contribution >= 0.6 is 11.8 Å². The number of nitrogens with zero attached hydrogens (tertiary/aromatic N) is 3. The minimum absolute atomic E-state index is 0.0922. The van der Waals surface area contributed by atoms with Crippen molar-refractivity contribution in [3.63, 3.8) is 0 Å². The molecule has 1 unspecified atom stereocenters. The third-order valence-corrected chi connectivity index (χ3v) is 7.67. The molecule has 1 N–H and O–H groups in total. The lowest BCUT2D eigenvalue weighted by Crippen LogP contribution is -2.50. The number of sulfonamides is 1. The second-order valence-corrected chi connectivity index (χ2v) is 10.3. The van der Waals surface area contributed by atoms with Crippen LogP contribution in [0.15, 0.2) is 59.6 Å². The summed E-state index contributed by atoms with van der Waals surface area (Å²) in [7, 11) is -3.40. The molecule has 9 heteroatoms. The summed E-state index contributed by atoms with van der Waals surface area (Å²) in [6, 6.07) is 15.4. The average molecular weight is 435 g/mol. The monoisotopic (exact) mass is 434 g/mol. The summed E-state index contributed by atoms with van der Waals surface area (Å²) in [5, 5.41) is 2.46. The van der Waals surface area contributed by atoms with Gasteiger partial charge in [-0.2, -0.15) is 4.31 Å². The van der Waals surface area contributed by atoms with Gasteiger partial charge in [-0.25, -0.2) is 13.4 Å². The van der Waals surface area contributed by atoms with Gasteiger partial charge in [-0.1, -0.05) is 24.3 Å². The molecule has 7 nitrogen and oxygen atoms in total.